The minimum atomic E-state index is -0.575. The summed E-state index contributed by atoms with van der Waals surface area (Å²) in [5, 5.41) is 5.19. The molecule has 0 aliphatic heterocycles. The molecule has 0 saturated carbocycles. The molecule has 1 aromatic carbocycles. The first kappa shape index (κ1) is 12.5. The lowest BCUT2D eigenvalue weighted by Gasteiger charge is -2.17. The molecule has 5 heteroatoms. The van der Waals surface area contributed by atoms with Crippen LogP contribution in [-0.2, 0) is 0 Å². The molecule has 17 heavy (non-hydrogen) atoms. The molecule has 0 radical (unpaired) electrons. The molecule has 1 aromatic heterocycles. The van der Waals surface area contributed by atoms with Gasteiger partial charge in [-0.05, 0) is 30.6 Å². The SMILES string of the molecule is CNC(c1sccc1Cl)c1c(F)cccc1F. The van der Waals surface area contributed by atoms with Gasteiger partial charge in [0.15, 0.2) is 0 Å². The Balaban J connectivity index is 2.53. The lowest BCUT2D eigenvalue weighted by Crippen LogP contribution is -2.19. The highest BCUT2D eigenvalue weighted by atomic mass is 35.5. The van der Waals surface area contributed by atoms with Crippen molar-refractivity contribution in [3.05, 3.63) is 56.7 Å². The molecule has 0 saturated heterocycles. The zero-order chi connectivity index (χ0) is 12.4. The van der Waals surface area contributed by atoms with E-state index in [1.807, 2.05) is 0 Å². The summed E-state index contributed by atoms with van der Waals surface area (Å²) >= 11 is 7.36. The average Bonchev–Trinajstić information content (AvgIpc) is 2.70. The van der Waals surface area contributed by atoms with Gasteiger partial charge >= 0.3 is 0 Å². The summed E-state index contributed by atoms with van der Waals surface area (Å²) in [6, 6.07) is 4.97. The van der Waals surface area contributed by atoms with Crippen LogP contribution in [-0.4, -0.2) is 7.05 Å². The molecule has 1 atom stereocenters. The Hall–Kier alpha value is -0.970. The summed E-state index contributed by atoms with van der Waals surface area (Å²) in [5.74, 6) is -1.15. The molecule has 1 N–H and O–H groups in total. The van der Waals surface area contributed by atoms with E-state index in [0.29, 0.717) is 9.90 Å². The van der Waals surface area contributed by atoms with Gasteiger partial charge in [0.25, 0.3) is 0 Å². The van der Waals surface area contributed by atoms with Crippen LogP contribution in [0.4, 0.5) is 8.78 Å². The standard InChI is InChI=1S/C12H10ClF2NS/c1-16-11(12-7(13)5-6-17-12)10-8(14)3-2-4-9(10)15/h2-6,11,16H,1H3. The molecule has 0 aliphatic carbocycles. The molecule has 90 valence electrons. The summed E-state index contributed by atoms with van der Waals surface area (Å²) in [4.78, 5) is 0.707. The first-order valence-electron chi connectivity index (χ1n) is 4.99. The minimum Gasteiger partial charge on any atom is -0.308 e. The Kier molecular flexibility index (Phi) is 3.76. The lowest BCUT2D eigenvalue weighted by atomic mass is 10.0. The largest absolute Gasteiger partial charge is 0.308 e. The van der Waals surface area contributed by atoms with Gasteiger partial charge in [-0.25, -0.2) is 8.78 Å². The monoisotopic (exact) mass is 273 g/mol. The summed E-state index contributed by atoms with van der Waals surface area (Å²) in [6.45, 7) is 0. The zero-order valence-corrected chi connectivity index (χ0v) is 10.6. The average molecular weight is 274 g/mol. The quantitative estimate of drug-likeness (QED) is 0.892. The van der Waals surface area contributed by atoms with Crippen molar-refractivity contribution in [1.82, 2.24) is 5.32 Å². The van der Waals surface area contributed by atoms with Gasteiger partial charge in [-0.1, -0.05) is 17.7 Å². The second-order valence-corrected chi connectivity index (χ2v) is 4.84. The van der Waals surface area contributed by atoms with E-state index in [1.54, 1.807) is 18.5 Å². The highest BCUT2D eigenvalue weighted by molar-refractivity contribution is 7.10. The Morgan fingerprint density at radius 2 is 1.88 bits per heavy atom. The fraction of sp³-hybridized carbons (Fsp3) is 0.167. The topological polar surface area (TPSA) is 12.0 Å². The van der Waals surface area contributed by atoms with E-state index in [0.717, 1.165) is 0 Å². The predicted molar refractivity (Wildman–Crippen MR) is 66.6 cm³/mol. The maximum absolute atomic E-state index is 13.7. The molecule has 1 nitrogen and oxygen atoms in total. The van der Waals surface area contributed by atoms with Crippen LogP contribution >= 0.6 is 22.9 Å². The van der Waals surface area contributed by atoms with Crippen molar-refractivity contribution in [3.8, 4) is 0 Å². The van der Waals surface area contributed by atoms with Crippen molar-refractivity contribution >= 4 is 22.9 Å². The summed E-state index contributed by atoms with van der Waals surface area (Å²) in [6.07, 6.45) is 0. The van der Waals surface area contributed by atoms with Gasteiger partial charge in [0.2, 0.25) is 0 Å². The second kappa shape index (κ2) is 5.12. The van der Waals surface area contributed by atoms with Crippen molar-refractivity contribution in [3.63, 3.8) is 0 Å². The van der Waals surface area contributed by atoms with Crippen LogP contribution in [0, 0.1) is 11.6 Å². The Morgan fingerprint density at radius 3 is 2.35 bits per heavy atom. The highest BCUT2D eigenvalue weighted by Crippen LogP contribution is 2.34. The van der Waals surface area contributed by atoms with Crippen LogP contribution in [0.1, 0.15) is 16.5 Å². The molecular weight excluding hydrogens is 264 g/mol. The molecule has 2 rings (SSSR count). The van der Waals surface area contributed by atoms with E-state index in [-0.39, 0.29) is 5.56 Å². The second-order valence-electron chi connectivity index (χ2n) is 3.49. The first-order chi connectivity index (χ1) is 8.15. The van der Waals surface area contributed by atoms with E-state index in [4.69, 9.17) is 11.6 Å². The number of benzene rings is 1. The number of halogens is 3. The third kappa shape index (κ3) is 2.34. The zero-order valence-electron chi connectivity index (χ0n) is 9.01. The molecule has 0 aliphatic rings. The van der Waals surface area contributed by atoms with E-state index >= 15 is 0 Å². The smallest absolute Gasteiger partial charge is 0.131 e. The minimum absolute atomic E-state index is 0.000602. The molecular formula is C12H10ClF2NS. The van der Waals surface area contributed by atoms with E-state index in [2.05, 4.69) is 5.32 Å². The molecule has 0 spiro atoms. The lowest BCUT2D eigenvalue weighted by molar-refractivity contribution is 0.525. The Bertz CT molecular complexity index is 507. The van der Waals surface area contributed by atoms with Crippen molar-refractivity contribution in [2.45, 2.75) is 6.04 Å². The molecule has 0 bridgehead atoms. The van der Waals surface area contributed by atoms with Crippen LogP contribution < -0.4 is 5.32 Å². The molecule has 0 fully saturated rings. The van der Waals surface area contributed by atoms with Crippen molar-refractivity contribution in [2.24, 2.45) is 0 Å². The van der Waals surface area contributed by atoms with Gasteiger partial charge in [0.1, 0.15) is 11.6 Å². The van der Waals surface area contributed by atoms with Crippen molar-refractivity contribution in [2.75, 3.05) is 7.05 Å². The van der Waals surface area contributed by atoms with Gasteiger partial charge in [-0.3, -0.25) is 0 Å². The maximum atomic E-state index is 13.7. The van der Waals surface area contributed by atoms with Crippen molar-refractivity contribution < 1.29 is 8.78 Å². The third-order valence-corrected chi connectivity index (χ3v) is 3.91. The van der Waals surface area contributed by atoms with Crippen LogP contribution in [0.2, 0.25) is 5.02 Å². The maximum Gasteiger partial charge on any atom is 0.131 e. The Labute approximate surface area is 107 Å². The van der Waals surface area contributed by atoms with Crippen LogP contribution in [0.3, 0.4) is 0 Å². The van der Waals surface area contributed by atoms with Crippen LogP contribution in [0.15, 0.2) is 29.6 Å². The molecule has 0 amide bonds. The predicted octanol–water partition coefficient (Wildman–Crippen LogP) is 3.99. The number of hydrogen-bond acceptors (Lipinski definition) is 2. The fourth-order valence-electron chi connectivity index (χ4n) is 1.70. The van der Waals surface area contributed by atoms with Gasteiger partial charge in [0.05, 0.1) is 11.1 Å². The third-order valence-electron chi connectivity index (χ3n) is 2.48. The summed E-state index contributed by atoms with van der Waals surface area (Å²) in [5.41, 5.74) is -0.000602. The first-order valence-corrected chi connectivity index (χ1v) is 6.25. The number of thiophene rings is 1. The van der Waals surface area contributed by atoms with E-state index in [1.165, 1.54) is 29.5 Å². The molecule has 1 heterocycles. The van der Waals surface area contributed by atoms with Gasteiger partial charge in [-0.2, -0.15) is 0 Å². The Morgan fingerprint density at radius 1 is 1.24 bits per heavy atom. The van der Waals surface area contributed by atoms with E-state index < -0.39 is 17.7 Å². The summed E-state index contributed by atoms with van der Waals surface area (Å²) < 4.78 is 27.4. The van der Waals surface area contributed by atoms with Crippen molar-refractivity contribution in [1.29, 1.82) is 0 Å². The number of nitrogens with one attached hydrogen (secondary N) is 1. The number of rotatable bonds is 3. The fourth-order valence-corrected chi connectivity index (χ4v) is 2.99. The highest BCUT2D eigenvalue weighted by Gasteiger charge is 2.23. The van der Waals surface area contributed by atoms with Crippen LogP contribution in [0.25, 0.3) is 0 Å². The van der Waals surface area contributed by atoms with E-state index in [9.17, 15) is 8.78 Å². The summed E-state index contributed by atoms with van der Waals surface area (Å²) in [7, 11) is 1.65. The number of hydrogen-bond donors (Lipinski definition) is 1. The van der Waals surface area contributed by atoms with Crippen LogP contribution in [0.5, 0.6) is 0 Å². The normalized spacial score (nSPS) is 12.7. The van der Waals surface area contributed by atoms with Gasteiger partial charge in [-0.15, -0.1) is 11.3 Å². The van der Waals surface area contributed by atoms with Gasteiger partial charge < -0.3 is 5.32 Å². The van der Waals surface area contributed by atoms with Gasteiger partial charge in [0, 0.05) is 10.4 Å². The molecule has 1 unspecified atom stereocenters. The molecule has 2 aromatic rings.